The van der Waals surface area contributed by atoms with Gasteiger partial charge in [0.1, 0.15) is 12.0 Å². The summed E-state index contributed by atoms with van der Waals surface area (Å²) < 4.78 is 5.65. The molecule has 0 heterocycles. The molecule has 0 aromatic heterocycles. The highest BCUT2D eigenvalue weighted by Gasteiger charge is 2.16. The fourth-order valence-corrected chi connectivity index (χ4v) is 3.08. The quantitative estimate of drug-likeness (QED) is 0.714. The van der Waals surface area contributed by atoms with Gasteiger partial charge in [0.25, 0.3) is 0 Å². The van der Waals surface area contributed by atoms with Gasteiger partial charge >= 0.3 is 0 Å². The van der Waals surface area contributed by atoms with Crippen LogP contribution in [0, 0.1) is 5.92 Å². The maximum Gasteiger partial charge on any atom is 0.224 e. The molecule has 0 aliphatic heterocycles. The lowest BCUT2D eigenvalue weighted by Gasteiger charge is -2.21. The van der Waals surface area contributed by atoms with E-state index in [1.165, 1.54) is 32.1 Å². The second-order valence-corrected chi connectivity index (χ2v) is 6.31. The number of ether oxygens (including phenoxy) is 1. The van der Waals surface area contributed by atoms with Gasteiger partial charge in [-0.05, 0) is 37.0 Å². The number of benzene rings is 1. The third-order valence-corrected chi connectivity index (χ3v) is 4.38. The molecule has 2 rings (SSSR count). The monoisotopic (exact) mass is 317 g/mol. The van der Waals surface area contributed by atoms with Crippen molar-refractivity contribution in [1.82, 2.24) is 0 Å². The van der Waals surface area contributed by atoms with Crippen molar-refractivity contribution in [1.29, 1.82) is 0 Å². The summed E-state index contributed by atoms with van der Waals surface area (Å²) in [6.07, 6.45) is 9.57. The van der Waals surface area contributed by atoms with Crippen LogP contribution >= 0.6 is 0 Å². The third kappa shape index (κ3) is 5.70. The minimum Gasteiger partial charge on any atom is -0.491 e. The molecule has 4 heteroatoms. The van der Waals surface area contributed by atoms with Crippen LogP contribution in [0.25, 0.3) is 0 Å². The third-order valence-electron chi connectivity index (χ3n) is 4.38. The number of nitrogens with one attached hydrogen (secondary N) is 1. The van der Waals surface area contributed by atoms with Crippen LogP contribution in [0.15, 0.2) is 18.2 Å². The number of hydrogen-bond donors (Lipinski definition) is 1. The van der Waals surface area contributed by atoms with Crippen LogP contribution in [0.1, 0.15) is 68.6 Å². The molecule has 23 heavy (non-hydrogen) atoms. The van der Waals surface area contributed by atoms with Crippen LogP contribution in [0.2, 0.25) is 0 Å². The van der Waals surface area contributed by atoms with Gasteiger partial charge in [0.15, 0.2) is 0 Å². The van der Waals surface area contributed by atoms with Crippen LogP contribution in [0.3, 0.4) is 0 Å². The Labute approximate surface area is 138 Å². The van der Waals surface area contributed by atoms with Crippen molar-refractivity contribution in [2.45, 2.75) is 58.3 Å². The van der Waals surface area contributed by atoms with Crippen molar-refractivity contribution >= 4 is 17.9 Å². The molecule has 1 amide bonds. The van der Waals surface area contributed by atoms with Crippen LogP contribution in [0.4, 0.5) is 5.69 Å². The Morgan fingerprint density at radius 3 is 2.78 bits per heavy atom. The van der Waals surface area contributed by atoms with Crippen LogP contribution < -0.4 is 10.1 Å². The van der Waals surface area contributed by atoms with Crippen molar-refractivity contribution in [2.24, 2.45) is 5.92 Å². The molecule has 1 fully saturated rings. The van der Waals surface area contributed by atoms with E-state index in [9.17, 15) is 9.59 Å². The summed E-state index contributed by atoms with van der Waals surface area (Å²) in [6.45, 7) is 2.62. The fourth-order valence-electron chi connectivity index (χ4n) is 3.08. The first-order valence-corrected chi connectivity index (χ1v) is 8.74. The summed E-state index contributed by atoms with van der Waals surface area (Å²) in [4.78, 5) is 23.2. The van der Waals surface area contributed by atoms with E-state index in [-0.39, 0.29) is 5.91 Å². The van der Waals surface area contributed by atoms with Gasteiger partial charge in [-0.2, -0.15) is 0 Å². The molecule has 0 unspecified atom stereocenters. The summed E-state index contributed by atoms with van der Waals surface area (Å²) in [5, 5.41) is 2.91. The van der Waals surface area contributed by atoms with E-state index < -0.39 is 0 Å². The lowest BCUT2D eigenvalue weighted by molar-refractivity contribution is -0.116. The topological polar surface area (TPSA) is 55.4 Å². The highest BCUT2D eigenvalue weighted by molar-refractivity contribution is 5.93. The summed E-state index contributed by atoms with van der Waals surface area (Å²) >= 11 is 0. The van der Waals surface area contributed by atoms with E-state index >= 15 is 0 Å². The maximum absolute atomic E-state index is 12.2. The van der Waals surface area contributed by atoms with Crippen molar-refractivity contribution in [2.75, 3.05) is 11.9 Å². The highest BCUT2D eigenvalue weighted by Crippen LogP contribution is 2.29. The first kappa shape index (κ1) is 17.5. The van der Waals surface area contributed by atoms with Crippen molar-refractivity contribution in [3.8, 4) is 5.75 Å². The summed E-state index contributed by atoms with van der Waals surface area (Å²) in [5.41, 5.74) is 1.13. The molecule has 1 N–H and O–H groups in total. The van der Waals surface area contributed by atoms with Gasteiger partial charge in [-0.3, -0.25) is 9.59 Å². The molecule has 126 valence electrons. The smallest absolute Gasteiger partial charge is 0.224 e. The molecule has 1 aliphatic rings. The maximum atomic E-state index is 12.2. The van der Waals surface area contributed by atoms with Gasteiger partial charge in [-0.25, -0.2) is 0 Å². The van der Waals surface area contributed by atoms with E-state index in [2.05, 4.69) is 5.32 Å². The summed E-state index contributed by atoms with van der Waals surface area (Å²) in [5.74, 6) is 1.31. The number of anilines is 1. The van der Waals surface area contributed by atoms with Crippen LogP contribution in [-0.2, 0) is 4.79 Å². The molecule has 0 radical (unpaired) electrons. The van der Waals surface area contributed by atoms with E-state index in [0.717, 1.165) is 19.1 Å². The minimum absolute atomic E-state index is 0.0000269. The fraction of sp³-hybridized carbons (Fsp3) is 0.579. The van der Waals surface area contributed by atoms with Gasteiger partial charge < -0.3 is 10.1 Å². The molecular formula is C19H27NO3. The zero-order valence-electron chi connectivity index (χ0n) is 14.0. The predicted molar refractivity (Wildman–Crippen MR) is 92.1 cm³/mol. The molecular weight excluding hydrogens is 290 g/mol. The lowest BCUT2D eigenvalue weighted by Crippen LogP contribution is -2.15. The van der Waals surface area contributed by atoms with Crippen LogP contribution in [0.5, 0.6) is 5.75 Å². The Balaban J connectivity index is 1.93. The largest absolute Gasteiger partial charge is 0.491 e. The zero-order valence-corrected chi connectivity index (χ0v) is 14.0. The van der Waals surface area contributed by atoms with Crippen LogP contribution in [-0.4, -0.2) is 18.8 Å². The molecule has 0 saturated heterocycles. The Bertz CT molecular complexity index is 521. The van der Waals surface area contributed by atoms with E-state index in [1.54, 1.807) is 18.2 Å². The molecule has 4 nitrogen and oxygen atoms in total. The first-order chi connectivity index (χ1) is 11.2. The van der Waals surface area contributed by atoms with Gasteiger partial charge in [0.05, 0.1) is 12.3 Å². The summed E-state index contributed by atoms with van der Waals surface area (Å²) in [7, 11) is 0. The molecule has 1 saturated carbocycles. The molecule has 1 aromatic rings. The zero-order chi connectivity index (χ0) is 16.5. The normalized spacial score (nSPS) is 15.2. The number of rotatable bonds is 8. The molecule has 0 spiro atoms. The van der Waals surface area contributed by atoms with E-state index in [0.29, 0.717) is 35.9 Å². The van der Waals surface area contributed by atoms with E-state index in [1.807, 2.05) is 6.92 Å². The van der Waals surface area contributed by atoms with Gasteiger partial charge in [0.2, 0.25) is 5.91 Å². The van der Waals surface area contributed by atoms with Crippen molar-refractivity contribution in [3.05, 3.63) is 23.8 Å². The van der Waals surface area contributed by atoms with Gasteiger partial charge in [0, 0.05) is 12.0 Å². The molecule has 1 aromatic carbocycles. The highest BCUT2D eigenvalue weighted by atomic mass is 16.5. The van der Waals surface area contributed by atoms with Crippen molar-refractivity contribution in [3.63, 3.8) is 0 Å². The Morgan fingerprint density at radius 1 is 1.30 bits per heavy atom. The Hall–Kier alpha value is -1.84. The number of carbonyl (C=O) groups excluding carboxylic acids is 2. The minimum atomic E-state index is -0.0000269. The second kappa shape index (κ2) is 9.33. The predicted octanol–water partition coefficient (Wildman–Crippen LogP) is 4.59. The van der Waals surface area contributed by atoms with Gasteiger partial charge in [-0.15, -0.1) is 0 Å². The Kier molecular flexibility index (Phi) is 7.11. The number of aldehydes is 1. The number of hydrogen-bond acceptors (Lipinski definition) is 3. The Morgan fingerprint density at radius 2 is 2.09 bits per heavy atom. The standard InChI is InChI=1S/C19H27NO3/c1-2-12-23-18-10-8-16(14-21)13-17(18)20-19(22)11-9-15-6-4-3-5-7-15/h8,10,13-15H,2-7,9,11-12H2,1H3,(H,20,22). The SMILES string of the molecule is CCCOc1ccc(C=O)cc1NC(=O)CCC1CCCCC1. The first-order valence-electron chi connectivity index (χ1n) is 8.74. The molecule has 0 atom stereocenters. The van der Waals surface area contributed by atoms with Crippen molar-refractivity contribution < 1.29 is 14.3 Å². The molecule has 1 aliphatic carbocycles. The average molecular weight is 317 g/mol. The number of carbonyl (C=O) groups is 2. The second-order valence-electron chi connectivity index (χ2n) is 6.31. The van der Waals surface area contributed by atoms with Gasteiger partial charge in [-0.1, -0.05) is 39.0 Å². The van der Waals surface area contributed by atoms with E-state index in [4.69, 9.17) is 4.74 Å². The lowest BCUT2D eigenvalue weighted by atomic mass is 9.86. The molecule has 0 bridgehead atoms. The number of amides is 1. The summed E-state index contributed by atoms with van der Waals surface area (Å²) in [6, 6.07) is 5.13. The average Bonchev–Trinajstić information content (AvgIpc) is 2.59.